The number of hydrogen-bond acceptors (Lipinski definition) is 2. The fraction of sp³-hybridized carbons (Fsp3) is 0.867. The van der Waals surface area contributed by atoms with Crippen LogP contribution in [0.1, 0.15) is 51.4 Å². The van der Waals surface area contributed by atoms with Gasteiger partial charge in [0.2, 0.25) is 0 Å². The lowest BCUT2D eigenvalue weighted by Crippen LogP contribution is -2.54. The van der Waals surface area contributed by atoms with Crippen LogP contribution in [-0.4, -0.2) is 52.1 Å². The molecular formula is C15H24N2O3. The molecule has 5 nitrogen and oxygen atoms in total. The van der Waals surface area contributed by atoms with Crippen molar-refractivity contribution in [1.29, 1.82) is 0 Å². The van der Waals surface area contributed by atoms with Crippen LogP contribution in [0, 0.1) is 5.92 Å². The Bertz CT molecular complexity index is 399. The van der Waals surface area contributed by atoms with Gasteiger partial charge in [-0.2, -0.15) is 0 Å². The number of aliphatic carboxylic acids is 1. The van der Waals surface area contributed by atoms with Gasteiger partial charge in [-0.3, -0.25) is 0 Å². The van der Waals surface area contributed by atoms with Crippen LogP contribution < -0.4 is 0 Å². The van der Waals surface area contributed by atoms with Crippen LogP contribution in [0.15, 0.2) is 0 Å². The molecule has 3 fully saturated rings. The summed E-state index contributed by atoms with van der Waals surface area (Å²) in [5, 5.41) is 9.32. The van der Waals surface area contributed by atoms with Crippen molar-refractivity contribution in [2.24, 2.45) is 5.92 Å². The summed E-state index contributed by atoms with van der Waals surface area (Å²) in [6.07, 6.45) is 8.35. The number of carboxylic acid groups (broad SMARTS) is 1. The number of carboxylic acids is 1. The minimum absolute atomic E-state index is 0.0218. The summed E-state index contributed by atoms with van der Waals surface area (Å²) in [5.41, 5.74) is 0. The van der Waals surface area contributed by atoms with Gasteiger partial charge in [0, 0.05) is 19.1 Å². The van der Waals surface area contributed by atoms with Gasteiger partial charge >= 0.3 is 12.0 Å². The highest BCUT2D eigenvalue weighted by atomic mass is 16.4. The minimum atomic E-state index is -0.850. The number of urea groups is 1. The van der Waals surface area contributed by atoms with E-state index in [1.165, 1.54) is 19.3 Å². The third kappa shape index (κ3) is 2.38. The fourth-order valence-electron chi connectivity index (χ4n) is 4.23. The number of nitrogens with zero attached hydrogens (tertiary/aromatic N) is 2. The standard InChI is InChI=1S/C15H24N2O3/c18-14(19)13-7-3-4-9-16(13)15(20)17-10-8-11-5-1-2-6-12(11)17/h11-13H,1-10H2,(H,18,19). The van der Waals surface area contributed by atoms with Crippen molar-refractivity contribution < 1.29 is 14.7 Å². The molecule has 112 valence electrons. The summed E-state index contributed by atoms with van der Waals surface area (Å²) in [6.45, 7) is 1.42. The third-order valence-electron chi connectivity index (χ3n) is 5.29. The van der Waals surface area contributed by atoms with E-state index in [1.54, 1.807) is 4.90 Å². The highest BCUT2D eigenvalue weighted by molar-refractivity contribution is 5.83. The van der Waals surface area contributed by atoms with E-state index < -0.39 is 12.0 Å². The molecular weight excluding hydrogens is 256 g/mol. The van der Waals surface area contributed by atoms with E-state index in [2.05, 4.69) is 0 Å². The Hall–Kier alpha value is -1.26. The maximum absolute atomic E-state index is 12.8. The summed E-state index contributed by atoms with van der Waals surface area (Å²) in [6, 6.07) is -0.266. The smallest absolute Gasteiger partial charge is 0.326 e. The molecule has 5 heteroatoms. The second-order valence-corrected chi connectivity index (χ2v) is 6.42. The van der Waals surface area contributed by atoms with Crippen LogP contribution in [0.2, 0.25) is 0 Å². The molecule has 20 heavy (non-hydrogen) atoms. The Morgan fingerprint density at radius 1 is 0.850 bits per heavy atom. The molecule has 2 heterocycles. The maximum atomic E-state index is 12.8. The average Bonchev–Trinajstić information content (AvgIpc) is 2.90. The molecule has 2 amide bonds. The van der Waals surface area contributed by atoms with Crippen molar-refractivity contribution in [3.05, 3.63) is 0 Å². The topological polar surface area (TPSA) is 60.9 Å². The first-order chi connectivity index (χ1) is 9.68. The predicted octanol–water partition coefficient (Wildman–Crippen LogP) is 2.31. The number of rotatable bonds is 1. The Kier molecular flexibility index (Phi) is 3.85. The number of piperidine rings is 1. The quantitative estimate of drug-likeness (QED) is 0.801. The zero-order valence-corrected chi connectivity index (χ0v) is 12.0. The fourth-order valence-corrected chi connectivity index (χ4v) is 4.23. The first-order valence-corrected chi connectivity index (χ1v) is 7.98. The van der Waals surface area contributed by atoms with Crippen molar-refractivity contribution in [2.75, 3.05) is 13.1 Å². The molecule has 1 aliphatic carbocycles. The molecule has 1 N–H and O–H groups in total. The van der Waals surface area contributed by atoms with Crippen LogP contribution >= 0.6 is 0 Å². The largest absolute Gasteiger partial charge is 0.480 e. The van der Waals surface area contributed by atoms with Gasteiger partial charge in [0.25, 0.3) is 0 Å². The summed E-state index contributed by atoms with van der Waals surface area (Å²) >= 11 is 0. The molecule has 2 aliphatic heterocycles. The number of amides is 2. The van der Waals surface area contributed by atoms with Gasteiger partial charge in [-0.1, -0.05) is 12.8 Å². The summed E-state index contributed by atoms with van der Waals surface area (Å²) < 4.78 is 0. The Balaban J connectivity index is 1.72. The summed E-state index contributed by atoms with van der Waals surface area (Å²) in [5.74, 6) is -0.196. The SMILES string of the molecule is O=C(O)C1CCCCN1C(=O)N1CCC2CCCCC21. The van der Waals surface area contributed by atoms with Crippen LogP contribution in [0.3, 0.4) is 0 Å². The monoisotopic (exact) mass is 280 g/mol. The second-order valence-electron chi connectivity index (χ2n) is 6.42. The number of likely N-dealkylation sites (tertiary alicyclic amines) is 2. The molecule has 3 atom stereocenters. The number of carbonyl (C=O) groups is 2. The zero-order valence-electron chi connectivity index (χ0n) is 12.0. The predicted molar refractivity (Wildman–Crippen MR) is 74.4 cm³/mol. The zero-order chi connectivity index (χ0) is 14.1. The number of hydrogen-bond donors (Lipinski definition) is 1. The van der Waals surface area contributed by atoms with Gasteiger partial charge in [-0.25, -0.2) is 9.59 Å². The van der Waals surface area contributed by atoms with Crippen molar-refractivity contribution in [1.82, 2.24) is 9.80 Å². The normalized spacial score (nSPS) is 33.9. The van der Waals surface area contributed by atoms with Gasteiger partial charge in [0.15, 0.2) is 0 Å². The molecule has 0 aromatic heterocycles. The van der Waals surface area contributed by atoms with Crippen molar-refractivity contribution in [3.63, 3.8) is 0 Å². The summed E-state index contributed by atoms with van der Waals surface area (Å²) in [4.78, 5) is 27.7. The van der Waals surface area contributed by atoms with Crippen molar-refractivity contribution >= 4 is 12.0 Å². The Labute approximate surface area is 119 Å². The van der Waals surface area contributed by atoms with Crippen LogP contribution in [0.25, 0.3) is 0 Å². The van der Waals surface area contributed by atoms with Crippen LogP contribution in [-0.2, 0) is 4.79 Å². The van der Waals surface area contributed by atoms with Crippen LogP contribution in [0.5, 0.6) is 0 Å². The Morgan fingerprint density at radius 3 is 2.40 bits per heavy atom. The molecule has 0 aromatic carbocycles. The molecule has 0 bridgehead atoms. The lowest BCUT2D eigenvalue weighted by Gasteiger charge is -2.39. The lowest BCUT2D eigenvalue weighted by atomic mass is 9.85. The van der Waals surface area contributed by atoms with E-state index in [0.29, 0.717) is 24.9 Å². The first kappa shape index (κ1) is 13.7. The molecule has 0 spiro atoms. The molecule has 3 unspecified atom stereocenters. The van der Waals surface area contributed by atoms with E-state index >= 15 is 0 Å². The lowest BCUT2D eigenvalue weighted by molar-refractivity contribution is -0.143. The second kappa shape index (κ2) is 5.62. The van der Waals surface area contributed by atoms with E-state index in [0.717, 1.165) is 32.2 Å². The minimum Gasteiger partial charge on any atom is -0.480 e. The maximum Gasteiger partial charge on any atom is 0.326 e. The molecule has 0 aromatic rings. The van der Waals surface area contributed by atoms with Gasteiger partial charge in [0.1, 0.15) is 6.04 Å². The first-order valence-electron chi connectivity index (χ1n) is 7.98. The van der Waals surface area contributed by atoms with Crippen molar-refractivity contribution in [3.8, 4) is 0 Å². The average molecular weight is 280 g/mol. The Morgan fingerprint density at radius 2 is 1.60 bits per heavy atom. The molecule has 3 rings (SSSR count). The molecule has 3 aliphatic rings. The van der Waals surface area contributed by atoms with Gasteiger partial charge in [-0.15, -0.1) is 0 Å². The van der Waals surface area contributed by atoms with E-state index in [-0.39, 0.29) is 6.03 Å². The highest BCUT2D eigenvalue weighted by Gasteiger charge is 2.42. The van der Waals surface area contributed by atoms with E-state index in [4.69, 9.17) is 0 Å². The highest BCUT2D eigenvalue weighted by Crippen LogP contribution is 2.37. The van der Waals surface area contributed by atoms with Gasteiger partial charge < -0.3 is 14.9 Å². The number of carbonyl (C=O) groups excluding carboxylic acids is 1. The summed E-state index contributed by atoms with van der Waals surface area (Å²) in [7, 11) is 0. The van der Waals surface area contributed by atoms with E-state index in [1.807, 2.05) is 4.90 Å². The van der Waals surface area contributed by atoms with E-state index in [9.17, 15) is 14.7 Å². The molecule has 1 saturated carbocycles. The molecule has 2 saturated heterocycles. The van der Waals surface area contributed by atoms with Crippen LogP contribution in [0.4, 0.5) is 4.79 Å². The van der Waals surface area contributed by atoms with Gasteiger partial charge in [-0.05, 0) is 44.4 Å². The third-order valence-corrected chi connectivity index (χ3v) is 5.29. The van der Waals surface area contributed by atoms with Crippen molar-refractivity contribution in [2.45, 2.75) is 63.5 Å². The van der Waals surface area contributed by atoms with Gasteiger partial charge in [0.05, 0.1) is 0 Å². The molecule has 0 radical (unpaired) electrons. The number of fused-ring (bicyclic) bond motifs is 1.